The Balaban J connectivity index is 1.10. The zero-order valence-electron chi connectivity index (χ0n) is 28.5. The Labute approximate surface area is 285 Å². The number of oxazole rings is 2. The summed E-state index contributed by atoms with van der Waals surface area (Å²) in [6, 6.07) is 25.0. The van der Waals surface area contributed by atoms with Crippen molar-refractivity contribution in [2.45, 2.75) is 104 Å². The Hall–Kier alpha value is -4.80. The molecule has 6 rings (SSSR count). The summed E-state index contributed by atoms with van der Waals surface area (Å²) < 4.78 is 12.0. The molecule has 0 N–H and O–H groups in total. The van der Waals surface area contributed by atoms with Crippen molar-refractivity contribution in [2.24, 2.45) is 0 Å². The summed E-state index contributed by atoms with van der Waals surface area (Å²) in [6.07, 6.45) is 18.0. The van der Waals surface area contributed by atoms with E-state index in [1.165, 1.54) is 88.2 Å². The van der Waals surface area contributed by atoms with Crippen LogP contribution in [-0.2, 0) is 12.8 Å². The SMILES string of the molecule is CCCCCCCCc1ccc(C#Cc2nc3c(ccc4c3ccc3oc(C#Cc5ccc(CCCCCCCC)cc5)nc34)o2)cc1. The molecule has 0 saturated heterocycles. The number of rotatable bonds is 14. The fraction of sp³-hybridized carbons (Fsp3) is 0.364. The number of benzene rings is 4. The smallest absolute Gasteiger partial charge is 0.274 e. The molecule has 0 unspecified atom stereocenters. The van der Waals surface area contributed by atoms with Crippen molar-refractivity contribution in [1.29, 1.82) is 0 Å². The standard InChI is InChI=1S/C44H46N2O2/c1-3-5-7-9-11-13-15-33-17-21-35(22-18-33)25-31-41-45-43-37-28-30-40-44(38(37)27-29-39(43)47-41)46-42(48-40)32-26-36-23-19-34(20-24-36)16-14-12-10-8-6-4-2/h17-24,27-30H,3-16H2,1-2H3. The minimum atomic E-state index is 0.401. The largest absolute Gasteiger partial charge is 0.430 e. The molecule has 0 aliphatic rings. The summed E-state index contributed by atoms with van der Waals surface area (Å²) in [4.78, 5) is 9.50. The van der Waals surface area contributed by atoms with Gasteiger partial charge >= 0.3 is 0 Å². The molecule has 0 aliphatic carbocycles. The number of hydrogen-bond acceptors (Lipinski definition) is 4. The lowest BCUT2D eigenvalue weighted by Gasteiger charge is -2.02. The van der Waals surface area contributed by atoms with Crippen molar-refractivity contribution in [3.05, 3.63) is 107 Å². The van der Waals surface area contributed by atoms with E-state index in [9.17, 15) is 0 Å². The van der Waals surface area contributed by atoms with Gasteiger partial charge in [0.15, 0.2) is 11.2 Å². The van der Waals surface area contributed by atoms with E-state index in [4.69, 9.17) is 18.8 Å². The van der Waals surface area contributed by atoms with Gasteiger partial charge in [-0.3, -0.25) is 0 Å². The van der Waals surface area contributed by atoms with Gasteiger partial charge in [-0.1, -0.05) is 114 Å². The second kappa shape index (κ2) is 16.9. The monoisotopic (exact) mass is 634 g/mol. The van der Waals surface area contributed by atoms with Gasteiger partial charge < -0.3 is 8.83 Å². The van der Waals surface area contributed by atoms with E-state index in [0.717, 1.165) is 45.8 Å². The fourth-order valence-corrected chi connectivity index (χ4v) is 6.27. The predicted molar refractivity (Wildman–Crippen MR) is 198 cm³/mol. The van der Waals surface area contributed by atoms with Crippen molar-refractivity contribution in [3.8, 4) is 23.7 Å². The molecule has 244 valence electrons. The number of nitrogens with zero attached hydrogens (tertiary/aromatic N) is 2. The van der Waals surface area contributed by atoms with E-state index in [1.807, 2.05) is 24.3 Å². The van der Waals surface area contributed by atoms with Crippen LogP contribution in [0, 0.1) is 23.7 Å². The van der Waals surface area contributed by atoms with Crippen LogP contribution in [0.2, 0.25) is 0 Å². The van der Waals surface area contributed by atoms with Crippen LogP contribution in [0.5, 0.6) is 0 Å². The van der Waals surface area contributed by atoms with Crippen LogP contribution in [0.15, 0.2) is 81.6 Å². The van der Waals surface area contributed by atoms with Crippen molar-refractivity contribution in [1.82, 2.24) is 9.97 Å². The molecule has 0 bridgehead atoms. The fourth-order valence-electron chi connectivity index (χ4n) is 6.27. The summed E-state index contributed by atoms with van der Waals surface area (Å²) in [6.45, 7) is 4.52. The third-order valence-corrected chi connectivity index (χ3v) is 9.08. The zero-order chi connectivity index (χ0) is 33.0. The predicted octanol–water partition coefficient (Wildman–Crippen LogP) is 11.7. The first-order valence-electron chi connectivity index (χ1n) is 18.0. The average Bonchev–Trinajstić information content (AvgIpc) is 3.74. The van der Waals surface area contributed by atoms with Gasteiger partial charge in [0, 0.05) is 21.9 Å². The summed E-state index contributed by atoms with van der Waals surface area (Å²) in [5.74, 6) is 13.5. The Morgan fingerprint density at radius 3 is 1.25 bits per heavy atom. The number of fused-ring (bicyclic) bond motifs is 5. The van der Waals surface area contributed by atoms with Gasteiger partial charge in [0.1, 0.15) is 11.0 Å². The van der Waals surface area contributed by atoms with Crippen LogP contribution in [0.25, 0.3) is 33.0 Å². The zero-order valence-corrected chi connectivity index (χ0v) is 28.5. The molecule has 0 saturated carbocycles. The third-order valence-electron chi connectivity index (χ3n) is 9.08. The lowest BCUT2D eigenvalue weighted by atomic mass is 10.0. The van der Waals surface area contributed by atoms with Crippen molar-refractivity contribution in [2.75, 3.05) is 0 Å². The van der Waals surface area contributed by atoms with Gasteiger partial charge in [-0.15, -0.1) is 0 Å². The van der Waals surface area contributed by atoms with Gasteiger partial charge in [0.2, 0.25) is 0 Å². The minimum absolute atomic E-state index is 0.401. The number of hydrogen-bond donors (Lipinski definition) is 0. The molecule has 2 aromatic heterocycles. The maximum absolute atomic E-state index is 6.02. The Bertz CT molecular complexity index is 1910. The number of aryl methyl sites for hydroxylation is 2. The first-order valence-corrected chi connectivity index (χ1v) is 18.0. The highest BCUT2D eigenvalue weighted by molar-refractivity contribution is 6.13. The molecule has 4 aromatic carbocycles. The van der Waals surface area contributed by atoms with Gasteiger partial charge in [-0.25, -0.2) is 9.97 Å². The highest BCUT2D eigenvalue weighted by Crippen LogP contribution is 2.31. The second-order valence-electron chi connectivity index (χ2n) is 12.9. The quantitative estimate of drug-likeness (QED) is 0.0883. The van der Waals surface area contributed by atoms with E-state index in [2.05, 4.69) is 86.1 Å². The minimum Gasteiger partial charge on any atom is -0.430 e. The van der Waals surface area contributed by atoms with E-state index in [1.54, 1.807) is 0 Å². The van der Waals surface area contributed by atoms with Crippen LogP contribution >= 0.6 is 0 Å². The Morgan fingerprint density at radius 1 is 0.438 bits per heavy atom. The van der Waals surface area contributed by atoms with E-state index in [-0.39, 0.29) is 0 Å². The summed E-state index contributed by atoms with van der Waals surface area (Å²) >= 11 is 0. The molecule has 6 aromatic rings. The Morgan fingerprint density at radius 2 is 0.833 bits per heavy atom. The number of unbranched alkanes of at least 4 members (excludes halogenated alkanes) is 10. The van der Waals surface area contributed by atoms with Crippen LogP contribution in [0.1, 0.15) is 125 Å². The first kappa shape index (κ1) is 33.1. The normalized spacial score (nSPS) is 11.1. The van der Waals surface area contributed by atoms with Gasteiger partial charge in [-0.05, 0) is 97.2 Å². The van der Waals surface area contributed by atoms with Gasteiger partial charge in [0.05, 0.1) is 0 Å². The molecule has 48 heavy (non-hydrogen) atoms. The molecule has 2 heterocycles. The van der Waals surface area contributed by atoms with Crippen LogP contribution in [-0.4, -0.2) is 9.97 Å². The summed E-state index contributed by atoms with van der Waals surface area (Å²) in [5.41, 5.74) is 7.57. The molecular formula is C44H46N2O2. The summed E-state index contributed by atoms with van der Waals surface area (Å²) in [5, 5.41) is 1.90. The number of aromatic nitrogens is 2. The van der Waals surface area contributed by atoms with Crippen LogP contribution in [0.3, 0.4) is 0 Å². The van der Waals surface area contributed by atoms with Crippen LogP contribution < -0.4 is 0 Å². The molecular weight excluding hydrogens is 588 g/mol. The molecule has 0 amide bonds. The topological polar surface area (TPSA) is 52.1 Å². The van der Waals surface area contributed by atoms with Crippen LogP contribution in [0.4, 0.5) is 0 Å². The lowest BCUT2D eigenvalue weighted by molar-refractivity contribution is 0.585. The molecule has 0 spiro atoms. The average molecular weight is 635 g/mol. The maximum Gasteiger partial charge on any atom is 0.274 e. The van der Waals surface area contributed by atoms with E-state index < -0.39 is 0 Å². The summed E-state index contributed by atoms with van der Waals surface area (Å²) in [7, 11) is 0. The molecule has 4 nitrogen and oxygen atoms in total. The highest BCUT2D eigenvalue weighted by atomic mass is 16.4. The molecule has 0 aliphatic heterocycles. The van der Waals surface area contributed by atoms with E-state index >= 15 is 0 Å². The maximum atomic E-state index is 6.02. The molecule has 0 atom stereocenters. The molecule has 0 fully saturated rings. The van der Waals surface area contributed by atoms with Gasteiger partial charge in [-0.2, -0.15) is 0 Å². The Kier molecular flexibility index (Phi) is 11.6. The molecule has 4 heteroatoms. The lowest BCUT2D eigenvalue weighted by Crippen LogP contribution is -1.87. The highest BCUT2D eigenvalue weighted by Gasteiger charge is 2.13. The van der Waals surface area contributed by atoms with E-state index in [0.29, 0.717) is 22.9 Å². The van der Waals surface area contributed by atoms with Crippen molar-refractivity contribution < 1.29 is 8.83 Å². The molecule has 0 radical (unpaired) electrons. The second-order valence-corrected chi connectivity index (χ2v) is 12.9. The van der Waals surface area contributed by atoms with Crippen molar-refractivity contribution in [3.63, 3.8) is 0 Å². The third kappa shape index (κ3) is 8.76. The van der Waals surface area contributed by atoms with Crippen molar-refractivity contribution >= 4 is 33.0 Å². The first-order chi connectivity index (χ1) is 23.7. The van der Waals surface area contributed by atoms with Gasteiger partial charge in [0.25, 0.3) is 11.8 Å².